The first-order chi connectivity index (χ1) is 12.0. The van der Waals surface area contributed by atoms with Crippen LogP contribution in [-0.4, -0.2) is 12.8 Å². The Morgan fingerprint density at radius 2 is 1.64 bits per heavy atom. The van der Waals surface area contributed by atoms with E-state index in [9.17, 15) is 13.2 Å². The summed E-state index contributed by atoms with van der Waals surface area (Å²) in [5.74, 6) is 0. The van der Waals surface area contributed by atoms with Gasteiger partial charge >= 0.3 is 6.18 Å². The van der Waals surface area contributed by atoms with E-state index < -0.39 is 11.7 Å². The third kappa shape index (κ3) is 4.47. The third-order valence-electron chi connectivity index (χ3n) is 4.06. The Labute approximate surface area is 144 Å². The van der Waals surface area contributed by atoms with E-state index in [1.54, 1.807) is 6.07 Å². The molecule has 3 aromatic rings. The van der Waals surface area contributed by atoms with E-state index in [1.165, 1.54) is 12.1 Å². The molecule has 0 atom stereocenters. The second kappa shape index (κ2) is 7.51. The lowest BCUT2D eigenvalue weighted by atomic mass is 10.1. The minimum absolute atomic E-state index is 0.580. The fourth-order valence-corrected chi connectivity index (χ4v) is 2.80. The first kappa shape index (κ1) is 17.2. The molecule has 0 N–H and O–H groups in total. The minimum Gasteiger partial charge on any atom is -0.293 e. The number of aryl methyl sites for hydroxylation is 1. The summed E-state index contributed by atoms with van der Waals surface area (Å²) < 4.78 is 38.1. The van der Waals surface area contributed by atoms with Gasteiger partial charge in [0.25, 0.3) is 0 Å². The van der Waals surface area contributed by atoms with Gasteiger partial charge < -0.3 is 0 Å². The summed E-state index contributed by atoms with van der Waals surface area (Å²) in [6, 6.07) is 19.7. The number of hydrogen-bond donors (Lipinski definition) is 0. The molecule has 0 bridgehead atoms. The monoisotopic (exact) mass is 341 g/mol. The molecule has 3 rings (SSSR count). The molecule has 0 saturated carbocycles. The molecule has 0 unspecified atom stereocenters. The van der Waals surface area contributed by atoms with E-state index in [4.69, 9.17) is 0 Å². The zero-order valence-corrected chi connectivity index (χ0v) is 13.6. The van der Waals surface area contributed by atoms with Crippen molar-refractivity contribution in [1.82, 2.24) is 0 Å². The molecule has 0 amide bonds. The van der Waals surface area contributed by atoms with Crippen molar-refractivity contribution in [2.24, 2.45) is 4.99 Å². The van der Waals surface area contributed by atoms with Crippen molar-refractivity contribution in [3.63, 3.8) is 0 Å². The lowest BCUT2D eigenvalue weighted by Gasteiger charge is -2.08. The van der Waals surface area contributed by atoms with Crippen LogP contribution in [-0.2, 0) is 12.6 Å². The smallest absolute Gasteiger partial charge is 0.293 e. The molecule has 0 aliphatic heterocycles. The molecule has 0 aromatic heterocycles. The second-order valence-electron chi connectivity index (χ2n) is 5.91. The SMILES string of the molecule is FC(F)(F)c1cccc(CCCN=Cc2cccc3ccccc23)c1. The second-order valence-corrected chi connectivity index (χ2v) is 5.91. The van der Waals surface area contributed by atoms with E-state index in [2.05, 4.69) is 23.2 Å². The Hall–Kier alpha value is -2.62. The molecule has 0 spiro atoms. The Bertz CT molecular complexity index is 876. The van der Waals surface area contributed by atoms with Crippen LogP contribution in [0.4, 0.5) is 13.2 Å². The number of alkyl halides is 3. The summed E-state index contributed by atoms with van der Waals surface area (Å²) >= 11 is 0. The average Bonchev–Trinajstić information content (AvgIpc) is 2.61. The summed E-state index contributed by atoms with van der Waals surface area (Å²) in [5.41, 5.74) is 1.15. The highest BCUT2D eigenvalue weighted by molar-refractivity contribution is 5.99. The number of rotatable bonds is 5. The zero-order valence-electron chi connectivity index (χ0n) is 13.6. The van der Waals surface area contributed by atoms with Gasteiger partial charge in [-0.2, -0.15) is 13.2 Å². The number of nitrogens with zero attached hydrogens (tertiary/aromatic N) is 1. The highest BCUT2D eigenvalue weighted by atomic mass is 19.4. The molecule has 0 saturated heterocycles. The van der Waals surface area contributed by atoms with Gasteiger partial charge in [-0.15, -0.1) is 0 Å². The fourth-order valence-electron chi connectivity index (χ4n) is 2.80. The minimum atomic E-state index is -4.29. The van der Waals surface area contributed by atoms with Crippen LogP contribution in [0.15, 0.2) is 71.7 Å². The maximum absolute atomic E-state index is 12.7. The lowest BCUT2D eigenvalue weighted by molar-refractivity contribution is -0.137. The van der Waals surface area contributed by atoms with Crippen LogP contribution >= 0.6 is 0 Å². The summed E-state index contributed by atoms with van der Waals surface area (Å²) in [4.78, 5) is 4.43. The molecule has 0 heterocycles. The highest BCUT2D eigenvalue weighted by Gasteiger charge is 2.30. The van der Waals surface area contributed by atoms with Crippen molar-refractivity contribution in [2.45, 2.75) is 19.0 Å². The van der Waals surface area contributed by atoms with Gasteiger partial charge in [-0.1, -0.05) is 60.7 Å². The maximum Gasteiger partial charge on any atom is 0.416 e. The molecular formula is C21H18F3N. The third-order valence-corrected chi connectivity index (χ3v) is 4.06. The van der Waals surface area contributed by atoms with Gasteiger partial charge in [-0.25, -0.2) is 0 Å². The molecule has 4 heteroatoms. The topological polar surface area (TPSA) is 12.4 Å². The predicted octanol–water partition coefficient (Wildman–Crippen LogP) is 5.91. The van der Waals surface area contributed by atoms with E-state index in [0.717, 1.165) is 22.4 Å². The van der Waals surface area contributed by atoms with Crippen LogP contribution in [0.25, 0.3) is 10.8 Å². The Balaban J connectivity index is 1.59. The van der Waals surface area contributed by atoms with Crippen LogP contribution < -0.4 is 0 Å². The number of halogens is 3. The maximum atomic E-state index is 12.7. The van der Waals surface area contributed by atoms with Crippen LogP contribution in [0, 0.1) is 0 Å². The van der Waals surface area contributed by atoms with Gasteiger partial charge in [0.1, 0.15) is 0 Å². The molecule has 0 aliphatic carbocycles. The largest absolute Gasteiger partial charge is 0.416 e. The molecule has 0 radical (unpaired) electrons. The van der Waals surface area contributed by atoms with Gasteiger partial charge in [0.15, 0.2) is 0 Å². The van der Waals surface area contributed by atoms with Crippen LogP contribution in [0.1, 0.15) is 23.1 Å². The van der Waals surface area contributed by atoms with E-state index in [-0.39, 0.29) is 0 Å². The lowest BCUT2D eigenvalue weighted by Crippen LogP contribution is -2.05. The van der Waals surface area contributed by atoms with Gasteiger partial charge in [-0.05, 0) is 35.2 Å². The molecule has 128 valence electrons. The average molecular weight is 341 g/mol. The van der Waals surface area contributed by atoms with E-state index in [1.807, 2.05) is 30.5 Å². The van der Waals surface area contributed by atoms with Crippen molar-refractivity contribution in [1.29, 1.82) is 0 Å². The van der Waals surface area contributed by atoms with Gasteiger partial charge in [0.2, 0.25) is 0 Å². The van der Waals surface area contributed by atoms with Crippen LogP contribution in [0.2, 0.25) is 0 Å². The van der Waals surface area contributed by atoms with Crippen LogP contribution in [0.3, 0.4) is 0 Å². The first-order valence-corrected chi connectivity index (χ1v) is 8.18. The Morgan fingerprint density at radius 1 is 0.880 bits per heavy atom. The molecule has 0 fully saturated rings. The van der Waals surface area contributed by atoms with E-state index >= 15 is 0 Å². The van der Waals surface area contributed by atoms with Gasteiger partial charge in [0, 0.05) is 18.3 Å². The summed E-state index contributed by atoms with van der Waals surface area (Å²) in [6.07, 6.45) is -1.16. The first-order valence-electron chi connectivity index (χ1n) is 8.18. The standard InChI is InChI=1S/C21H18F3N/c22-21(23,24)19-11-3-6-16(14-19)7-5-13-25-15-18-10-4-9-17-8-1-2-12-20(17)18/h1-4,6,8-12,14-15H,5,7,13H2. The van der Waals surface area contributed by atoms with Gasteiger partial charge in [0.05, 0.1) is 5.56 Å². The highest BCUT2D eigenvalue weighted by Crippen LogP contribution is 2.29. The van der Waals surface area contributed by atoms with Crippen molar-refractivity contribution in [2.75, 3.05) is 6.54 Å². The van der Waals surface area contributed by atoms with Crippen molar-refractivity contribution in [3.05, 3.63) is 83.4 Å². The summed E-state index contributed by atoms with van der Waals surface area (Å²) in [5, 5.41) is 2.31. The number of hydrogen-bond acceptors (Lipinski definition) is 1. The van der Waals surface area contributed by atoms with Crippen molar-refractivity contribution in [3.8, 4) is 0 Å². The molecule has 1 nitrogen and oxygen atoms in total. The quantitative estimate of drug-likeness (QED) is 0.404. The molecule has 0 aliphatic rings. The van der Waals surface area contributed by atoms with Crippen molar-refractivity contribution < 1.29 is 13.2 Å². The normalized spacial score (nSPS) is 12.1. The van der Waals surface area contributed by atoms with Crippen molar-refractivity contribution >= 4 is 17.0 Å². The number of fused-ring (bicyclic) bond motifs is 1. The number of benzene rings is 3. The molecule has 25 heavy (non-hydrogen) atoms. The summed E-state index contributed by atoms with van der Waals surface area (Å²) in [7, 11) is 0. The van der Waals surface area contributed by atoms with Gasteiger partial charge in [-0.3, -0.25) is 4.99 Å². The predicted molar refractivity (Wildman–Crippen MR) is 96.2 cm³/mol. The molecular weight excluding hydrogens is 323 g/mol. The van der Waals surface area contributed by atoms with E-state index in [0.29, 0.717) is 24.9 Å². The zero-order chi connectivity index (χ0) is 17.7. The molecule has 3 aromatic carbocycles. The Kier molecular flexibility index (Phi) is 5.17. The number of aliphatic imine (C=N–C) groups is 1. The fraction of sp³-hybridized carbons (Fsp3) is 0.190. The van der Waals surface area contributed by atoms with Crippen LogP contribution in [0.5, 0.6) is 0 Å². The summed E-state index contributed by atoms with van der Waals surface area (Å²) in [6.45, 7) is 0.583. The Morgan fingerprint density at radius 3 is 2.48 bits per heavy atom.